The maximum Gasteiger partial charge on any atom is 0.240 e. The van der Waals surface area contributed by atoms with E-state index in [1.807, 2.05) is 0 Å². The highest BCUT2D eigenvalue weighted by atomic mass is 35.5. The van der Waals surface area contributed by atoms with Crippen LogP contribution >= 0.6 is 23.2 Å². The van der Waals surface area contributed by atoms with E-state index in [1.54, 1.807) is 24.3 Å². The van der Waals surface area contributed by atoms with Crippen molar-refractivity contribution in [3.05, 3.63) is 34.3 Å². The Morgan fingerprint density at radius 1 is 0.917 bits per heavy atom. The van der Waals surface area contributed by atoms with Gasteiger partial charge in [0.05, 0.1) is 24.3 Å². The molecule has 6 nitrogen and oxygen atoms in total. The van der Waals surface area contributed by atoms with Crippen LogP contribution in [-0.2, 0) is 9.59 Å². The number of ether oxygens (including phenoxy) is 2. The van der Waals surface area contributed by atoms with Crippen LogP contribution in [0.4, 0.5) is 11.4 Å². The summed E-state index contributed by atoms with van der Waals surface area (Å²) in [6.45, 7) is 0. The number of halogens is 2. The molecule has 0 saturated carbocycles. The molecule has 24 heavy (non-hydrogen) atoms. The van der Waals surface area contributed by atoms with Crippen LogP contribution < -0.4 is 9.47 Å². The van der Waals surface area contributed by atoms with Crippen LogP contribution in [0.5, 0.6) is 11.5 Å². The molecule has 0 aliphatic heterocycles. The molecule has 0 unspecified atom stereocenters. The Labute approximate surface area is 147 Å². The summed E-state index contributed by atoms with van der Waals surface area (Å²) in [4.78, 5) is 28.0. The van der Waals surface area contributed by atoms with Gasteiger partial charge in [0.2, 0.25) is 12.2 Å². The van der Waals surface area contributed by atoms with Crippen molar-refractivity contribution in [3.63, 3.8) is 0 Å². The fraction of sp³-hybridized carbons (Fsp3) is 0.125. The summed E-state index contributed by atoms with van der Waals surface area (Å²) in [6.07, 6.45) is 2.87. The van der Waals surface area contributed by atoms with Gasteiger partial charge in [-0.05, 0) is 23.8 Å². The third kappa shape index (κ3) is 3.32. The largest absolute Gasteiger partial charge is 0.494 e. The molecule has 0 bridgehead atoms. The van der Waals surface area contributed by atoms with Crippen LogP contribution in [0.25, 0.3) is 11.1 Å². The smallest absolute Gasteiger partial charge is 0.240 e. The van der Waals surface area contributed by atoms with Gasteiger partial charge in [-0.2, -0.15) is 9.98 Å². The number of rotatable bonds is 5. The zero-order chi connectivity index (χ0) is 17.7. The van der Waals surface area contributed by atoms with Gasteiger partial charge >= 0.3 is 0 Å². The van der Waals surface area contributed by atoms with Crippen LogP contribution in [0.15, 0.2) is 34.3 Å². The van der Waals surface area contributed by atoms with Crippen molar-refractivity contribution >= 4 is 46.7 Å². The molecule has 0 heterocycles. The molecule has 0 radical (unpaired) electrons. The number of hydrogen-bond acceptors (Lipinski definition) is 6. The Morgan fingerprint density at radius 2 is 1.58 bits per heavy atom. The van der Waals surface area contributed by atoms with Crippen LogP contribution in [0.3, 0.4) is 0 Å². The number of isocyanates is 2. The summed E-state index contributed by atoms with van der Waals surface area (Å²) in [7, 11) is 2.86. The van der Waals surface area contributed by atoms with Crippen molar-refractivity contribution in [2.45, 2.75) is 0 Å². The summed E-state index contributed by atoms with van der Waals surface area (Å²) in [5.74, 6) is 0.619. The summed E-state index contributed by atoms with van der Waals surface area (Å²) in [5.41, 5.74) is 1.59. The minimum Gasteiger partial charge on any atom is -0.494 e. The van der Waals surface area contributed by atoms with Crippen molar-refractivity contribution < 1.29 is 19.1 Å². The number of nitrogens with zero attached hydrogens (tertiary/aromatic N) is 2. The highest BCUT2D eigenvalue weighted by Gasteiger charge is 2.18. The summed E-state index contributed by atoms with van der Waals surface area (Å²) >= 11 is 12.5. The molecule has 0 spiro atoms. The second-order valence-electron chi connectivity index (χ2n) is 4.40. The molecule has 0 saturated heterocycles. The van der Waals surface area contributed by atoms with E-state index in [-0.39, 0.29) is 21.5 Å². The third-order valence-corrected chi connectivity index (χ3v) is 4.04. The lowest BCUT2D eigenvalue weighted by Gasteiger charge is -2.13. The van der Waals surface area contributed by atoms with E-state index in [0.717, 1.165) is 0 Å². The minimum atomic E-state index is 0.0586. The van der Waals surface area contributed by atoms with Crippen molar-refractivity contribution in [2.24, 2.45) is 9.98 Å². The van der Waals surface area contributed by atoms with Gasteiger partial charge < -0.3 is 9.47 Å². The number of benzene rings is 2. The first-order valence-electron chi connectivity index (χ1n) is 6.47. The zero-order valence-corrected chi connectivity index (χ0v) is 14.1. The quantitative estimate of drug-likeness (QED) is 0.573. The second kappa shape index (κ2) is 7.77. The maximum atomic E-state index is 10.5. The Kier molecular flexibility index (Phi) is 5.74. The molecule has 8 heteroatoms. The molecular formula is C16H10Cl2N2O4. The molecule has 0 fully saturated rings. The Morgan fingerprint density at radius 3 is 2.17 bits per heavy atom. The molecule has 0 atom stereocenters. The van der Waals surface area contributed by atoms with Gasteiger partial charge in [0.25, 0.3) is 0 Å². The van der Waals surface area contributed by atoms with Gasteiger partial charge in [-0.3, -0.25) is 0 Å². The SMILES string of the molecule is COc1cc(-c2cc(OC)c(N=C=O)c(Cl)c2Cl)ccc1N=C=O. The van der Waals surface area contributed by atoms with Gasteiger partial charge in [-0.15, -0.1) is 0 Å². The van der Waals surface area contributed by atoms with E-state index in [9.17, 15) is 9.59 Å². The Hall–Kier alpha value is -2.62. The zero-order valence-electron chi connectivity index (χ0n) is 12.6. The first-order chi connectivity index (χ1) is 11.6. The lowest BCUT2D eigenvalue weighted by molar-refractivity contribution is 0.415. The van der Waals surface area contributed by atoms with Crippen molar-refractivity contribution in [1.82, 2.24) is 0 Å². The molecule has 2 aromatic carbocycles. The topological polar surface area (TPSA) is 77.3 Å². The van der Waals surface area contributed by atoms with E-state index >= 15 is 0 Å². The number of aliphatic imine (C=N–C) groups is 2. The van der Waals surface area contributed by atoms with E-state index in [1.165, 1.54) is 26.4 Å². The van der Waals surface area contributed by atoms with Gasteiger partial charge in [0, 0.05) is 5.56 Å². The third-order valence-electron chi connectivity index (χ3n) is 3.18. The second-order valence-corrected chi connectivity index (χ2v) is 5.15. The average Bonchev–Trinajstić information content (AvgIpc) is 2.60. The molecule has 2 aromatic rings. The molecule has 122 valence electrons. The first-order valence-corrected chi connectivity index (χ1v) is 7.23. The minimum absolute atomic E-state index is 0.0586. The van der Waals surface area contributed by atoms with Crippen molar-refractivity contribution in [1.29, 1.82) is 0 Å². The predicted octanol–water partition coefficient (Wildman–Crippen LogP) is 4.61. The predicted molar refractivity (Wildman–Crippen MR) is 90.6 cm³/mol. The van der Waals surface area contributed by atoms with E-state index in [2.05, 4.69) is 9.98 Å². The summed E-state index contributed by atoms with van der Waals surface area (Å²) in [5, 5.41) is 0.239. The summed E-state index contributed by atoms with van der Waals surface area (Å²) < 4.78 is 10.4. The highest BCUT2D eigenvalue weighted by Crippen LogP contribution is 2.46. The van der Waals surface area contributed by atoms with Gasteiger partial charge in [0.1, 0.15) is 22.9 Å². The van der Waals surface area contributed by atoms with E-state index < -0.39 is 0 Å². The van der Waals surface area contributed by atoms with Gasteiger partial charge in [0.15, 0.2) is 0 Å². The number of hydrogen-bond donors (Lipinski definition) is 0. The van der Waals surface area contributed by atoms with Crippen LogP contribution in [0.2, 0.25) is 10.0 Å². The molecule has 0 aliphatic rings. The fourth-order valence-electron chi connectivity index (χ4n) is 2.10. The standard InChI is InChI=1S/C16H10Cl2N2O4/c1-23-12-5-9(3-4-11(12)19-7-21)10-6-13(24-2)16(20-8-22)15(18)14(10)17/h3-6H,1-2H3. The van der Waals surface area contributed by atoms with E-state index in [0.29, 0.717) is 22.6 Å². The maximum absolute atomic E-state index is 10.5. The number of methoxy groups -OCH3 is 2. The van der Waals surface area contributed by atoms with Crippen LogP contribution in [0, 0.1) is 0 Å². The first kappa shape index (κ1) is 17.7. The fourth-order valence-corrected chi connectivity index (χ4v) is 2.59. The van der Waals surface area contributed by atoms with Gasteiger partial charge in [-0.1, -0.05) is 29.3 Å². The highest BCUT2D eigenvalue weighted by molar-refractivity contribution is 6.45. The molecule has 0 N–H and O–H groups in total. The Bertz CT molecular complexity index is 886. The molecule has 2 rings (SSSR count). The normalized spacial score (nSPS) is 9.67. The molecule has 0 amide bonds. The Balaban J connectivity index is 2.71. The van der Waals surface area contributed by atoms with E-state index in [4.69, 9.17) is 32.7 Å². The van der Waals surface area contributed by atoms with Crippen LogP contribution in [-0.4, -0.2) is 26.4 Å². The molecule has 0 aliphatic carbocycles. The molecular weight excluding hydrogens is 355 g/mol. The lowest BCUT2D eigenvalue weighted by Crippen LogP contribution is -1.90. The van der Waals surface area contributed by atoms with Crippen molar-refractivity contribution in [3.8, 4) is 22.6 Å². The molecule has 0 aromatic heterocycles. The summed E-state index contributed by atoms with van der Waals surface area (Å²) in [6, 6.07) is 6.48. The van der Waals surface area contributed by atoms with Crippen LogP contribution in [0.1, 0.15) is 0 Å². The lowest BCUT2D eigenvalue weighted by atomic mass is 10.0. The average molecular weight is 365 g/mol. The van der Waals surface area contributed by atoms with Gasteiger partial charge in [-0.25, -0.2) is 9.59 Å². The number of carbonyl (C=O) groups excluding carboxylic acids is 2. The monoisotopic (exact) mass is 364 g/mol. The van der Waals surface area contributed by atoms with Crippen molar-refractivity contribution in [2.75, 3.05) is 14.2 Å².